The molecular formula is C17H24N2O. The smallest absolute Gasteiger partial charge is 0.119 e. The number of aryl methyl sites for hydroxylation is 1. The quantitative estimate of drug-likeness (QED) is 0.562. The van der Waals surface area contributed by atoms with Gasteiger partial charge >= 0.3 is 0 Å². The van der Waals surface area contributed by atoms with Gasteiger partial charge in [0.1, 0.15) is 5.75 Å². The van der Waals surface area contributed by atoms with E-state index in [-0.39, 0.29) is 0 Å². The lowest BCUT2D eigenvalue weighted by molar-refractivity contribution is 0.313. The average Bonchev–Trinajstić information content (AvgIpc) is 2.49. The molecule has 0 aromatic heterocycles. The number of aliphatic imine (C=N–C) groups is 2. The highest BCUT2D eigenvalue weighted by Gasteiger charge is 2.10. The molecule has 1 saturated carbocycles. The maximum absolute atomic E-state index is 5.64. The van der Waals surface area contributed by atoms with Crippen LogP contribution in [0.2, 0.25) is 0 Å². The van der Waals surface area contributed by atoms with E-state index in [4.69, 9.17) is 4.74 Å². The van der Waals surface area contributed by atoms with Crippen LogP contribution in [0.1, 0.15) is 44.1 Å². The van der Waals surface area contributed by atoms with Crippen molar-refractivity contribution in [1.29, 1.82) is 0 Å². The van der Waals surface area contributed by atoms with E-state index in [1.165, 1.54) is 37.7 Å². The number of rotatable bonds is 6. The summed E-state index contributed by atoms with van der Waals surface area (Å²) in [5, 5.41) is 0. The highest BCUT2D eigenvalue weighted by Crippen LogP contribution is 2.19. The maximum atomic E-state index is 5.64. The van der Waals surface area contributed by atoms with Gasteiger partial charge in [0.2, 0.25) is 0 Å². The first-order valence-corrected chi connectivity index (χ1v) is 7.65. The molecule has 0 bridgehead atoms. The molecule has 3 heteroatoms. The number of hydrogen-bond acceptors (Lipinski definition) is 3. The Hall–Kier alpha value is -1.60. The van der Waals surface area contributed by atoms with Gasteiger partial charge in [0.05, 0.1) is 25.2 Å². The topological polar surface area (TPSA) is 34.0 Å². The molecule has 0 spiro atoms. The molecule has 1 aromatic rings. The molecule has 0 N–H and O–H groups in total. The van der Waals surface area contributed by atoms with Crippen molar-refractivity contribution in [3.05, 3.63) is 29.8 Å². The lowest BCUT2D eigenvalue weighted by Gasteiger charge is -2.15. The molecule has 0 atom stereocenters. The third-order valence-electron chi connectivity index (χ3n) is 3.59. The van der Waals surface area contributed by atoms with E-state index in [2.05, 4.69) is 35.0 Å². The standard InChI is InChI=1S/C17H24N2O/c1-15-8-10-17(11-9-15)20-13-5-12-18-14-19-16-6-3-2-4-7-16/h8-11,16H,2-7,12-13H2,1H3. The normalized spacial score (nSPS) is 15.4. The molecule has 1 aliphatic carbocycles. The molecule has 1 fully saturated rings. The van der Waals surface area contributed by atoms with Crippen molar-refractivity contribution in [3.63, 3.8) is 0 Å². The second kappa shape index (κ2) is 8.55. The Labute approximate surface area is 121 Å². The van der Waals surface area contributed by atoms with Gasteiger partial charge in [-0.25, -0.2) is 9.98 Å². The third-order valence-corrected chi connectivity index (χ3v) is 3.59. The van der Waals surface area contributed by atoms with Crippen molar-refractivity contribution in [1.82, 2.24) is 0 Å². The Morgan fingerprint density at radius 1 is 1.15 bits per heavy atom. The summed E-state index contributed by atoms with van der Waals surface area (Å²) in [6.07, 6.45) is 7.29. The number of ether oxygens (including phenoxy) is 1. The zero-order valence-electron chi connectivity index (χ0n) is 12.3. The number of benzene rings is 1. The van der Waals surface area contributed by atoms with Gasteiger partial charge in [0.25, 0.3) is 0 Å². The molecule has 108 valence electrons. The van der Waals surface area contributed by atoms with Crippen LogP contribution in [0.4, 0.5) is 0 Å². The van der Waals surface area contributed by atoms with E-state index in [1.807, 2.05) is 12.1 Å². The summed E-state index contributed by atoms with van der Waals surface area (Å²) in [5.74, 6) is 0.926. The van der Waals surface area contributed by atoms with Gasteiger partial charge in [-0.3, -0.25) is 0 Å². The second-order valence-corrected chi connectivity index (χ2v) is 5.42. The Kier molecular flexibility index (Phi) is 6.33. The highest BCUT2D eigenvalue weighted by atomic mass is 16.5. The Morgan fingerprint density at radius 2 is 1.90 bits per heavy atom. The van der Waals surface area contributed by atoms with Crippen LogP contribution >= 0.6 is 0 Å². The fourth-order valence-electron chi connectivity index (χ4n) is 2.35. The van der Waals surface area contributed by atoms with Crippen LogP contribution in [0.15, 0.2) is 34.3 Å². The van der Waals surface area contributed by atoms with E-state index in [0.29, 0.717) is 12.6 Å². The zero-order chi connectivity index (χ0) is 14.0. The van der Waals surface area contributed by atoms with E-state index in [0.717, 1.165) is 18.7 Å². The van der Waals surface area contributed by atoms with E-state index in [1.54, 1.807) is 0 Å². The molecule has 1 aromatic carbocycles. The van der Waals surface area contributed by atoms with Gasteiger partial charge in [-0.15, -0.1) is 0 Å². The van der Waals surface area contributed by atoms with Gasteiger partial charge in [0, 0.05) is 6.42 Å². The summed E-state index contributed by atoms with van der Waals surface area (Å²) < 4.78 is 5.64. The summed E-state index contributed by atoms with van der Waals surface area (Å²) in [7, 11) is 0. The van der Waals surface area contributed by atoms with Crippen molar-refractivity contribution >= 4 is 6.01 Å². The number of nitrogens with zero attached hydrogens (tertiary/aromatic N) is 2. The SMILES string of the molecule is Cc1ccc(OCCCN=C=NC2CCCCC2)cc1. The van der Waals surface area contributed by atoms with Crippen LogP contribution in [0.5, 0.6) is 5.75 Å². The van der Waals surface area contributed by atoms with Crippen molar-refractivity contribution in [3.8, 4) is 5.75 Å². The van der Waals surface area contributed by atoms with Gasteiger partial charge in [-0.05, 0) is 31.9 Å². The average molecular weight is 272 g/mol. The fourth-order valence-corrected chi connectivity index (χ4v) is 2.35. The predicted octanol–water partition coefficient (Wildman–Crippen LogP) is 4.27. The van der Waals surface area contributed by atoms with Crippen molar-refractivity contribution in [2.45, 2.75) is 51.5 Å². The lowest BCUT2D eigenvalue weighted by Crippen LogP contribution is -2.08. The summed E-state index contributed by atoms with van der Waals surface area (Å²) in [5.41, 5.74) is 1.25. The molecule has 3 nitrogen and oxygen atoms in total. The minimum atomic E-state index is 0.469. The van der Waals surface area contributed by atoms with Gasteiger partial charge in [-0.2, -0.15) is 0 Å². The van der Waals surface area contributed by atoms with Gasteiger partial charge in [-0.1, -0.05) is 37.0 Å². The van der Waals surface area contributed by atoms with Gasteiger partial charge in [0.15, 0.2) is 0 Å². The van der Waals surface area contributed by atoms with E-state index >= 15 is 0 Å². The summed E-state index contributed by atoms with van der Waals surface area (Å²) >= 11 is 0. The minimum Gasteiger partial charge on any atom is -0.494 e. The first kappa shape index (κ1) is 14.8. The molecule has 1 aliphatic rings. The van der Waals surface area contributed by atoms with Crippen molar-refractivity contribution in [2.75, 3.05) is 13.2 Å². The lowest BCUT2D eigenvalue weighted by atomic mass is 9.96. The Morgan fingerprint density at radius 3 is 2.65 bits per heavy atom. The zero-order valence-corrected chi connectivity index (χ0v) is 12.3. The predicted molar refractivity (Wildman–Crippen MR) is 82.9 cm³/mol. The van der Waals surface area contributed by atoms with E-state index in [9.17, 15) is 0 Å². The van der Waals surface area contributed by atoms with E-state index < -0.39 is 0 Å². The first-order chi connectivity index (χ1) is 9.84. The minimum absolute atomic E-state index is 0.469. The molecule has 0 heterocycles. The molecule has 0 unspecified atom stereocenters. The third kappa shape index (κ3) is 5.58. The van der Waals surface area contributed by atoms with Crippen LogP contribution < -0.4 is 4.74 Å². The largest absolute Gasteiger partial charge is 0.494 e. The maximum Gasteiger partial charge on any atom is 0.119 e. The van der Waals surface area contributed by atoms with Crippen LogP contribution in [-0.2, 0) is 0 Å². The summed E-state index contributed by atoms with van der Waals surface area (Å²) in [6.45, 7) is 3.50. The highest BCUT2D eigenvalue weighted by molar-refractivity contribution is 5.41. The molecule has 0 saturated heterocycles. The molecule has 0 radical (unpaired) electrons. The monoisotopic (exact) mass is 272 g/mol. The Balaban J connectivity index is 1.58. The van der Waals surface area contributed by atoms with Crippen molar-refractivity contribution < 1.29 is 4.74 Å². The summed E-state index contributed by atoms with van der Waals surface area (Å²) in [6, 6.07) is 11.5. The second-order valence-electron chi connectivity index (χ2n) is 5.42. The summed E-state index contributed by atoms with van der Waals surface area (Å²) in [4.78, 5) is 8.61. The molecule has 20 heavy (non-hydrogen) atoms. The van der Waals surface area contributed by atoms with Crippen LogP contribution in [-0.4, -0.2) is 25.2 Å². The van der Waals surface area contributed by atoms with Crippen LogP contribution in [0.3, 0.4) is 0 Å². The van der Waals surface area contributed by atoms with Crippen LogP contribution in [0.25, 0.3) is 0 Å². The molecular weight excluding hydrogens is 248 g/mol. The first-order valence-electron chi connectivity index (χ1n) is 7.65. The molecule has 0 aliphatic heterocycles. The fraction of sp³-hybridized carbons (Fsp3) is 0.588. The number of hydrogen-bond donors (Lipinski definition) is 0. The Bertz CT molecular complexity index is 441. The molecule has 2 rings (SSSR count). The molecule has 0 amide bonds. The van der Waals surface area contributed by atoms with Gasteiger partial charge < -0.3 is 4.74 Å². The van der Waals surface area contributed by atoms with Crippen LogP contribution in [0, 0.1) is 6.92 Å². The van der Waals surface area contributed by atoms with Crippen molar-refractivity contribution in [2.24, 2.45) is 9.98 Å².